The molecule has 1 aromatic rings. The average molecular weight is 230 g/mol. The third-order valence-corrected chi connectivity index (χ3v) is 5.39. The Hall–Kier alpha value is -0.470. The van der Waals surface area contributed by atoms with Crippen LogP contribution in [0.4, 0.5) is 0 Å². The Morgan fingerprint density at radius 3 is 2.20 bits per heavy atom. The summed E-state index contributed by atoms with van der Waals surface area (Å²) >= 11 is 0. The average Bonchev–Trinajstić information content (AvgIpc) is 2.17. The van der Waals surface area contributed by atoms with Crippen LogP contribution in [0.2, 0.25) is 0 Å². The van der Waals surface area contributed by atoms with Crippen LogP contribution in [0.1, 0.15) is 25.0 Å². The van der Waals surface area contributed by atoms with Crippen LogP contribution in [0.25, 0.3) is 0 Å². The van der Waals surface area contributed by atoms with Crippen LogP contribution in [0.3, 0.4) is 0 Å². The summed E-state index contributed by atoms with van der Waals surface area (Å²) in [6.07, 6.45) is 0.643. The van der Waals surface area contributed by atoms with Gasteiger partial charge in [0.2, 0.25) is 0 Å². The topological polar surface area (TPSA) is 60.7 Å². The number of aryl methyl sites for hydroxylation is 1. The molecule has 1 rings (SSSR count). The Morgan fingerprint density at radius 2 is 1.73 bits per heavy atom. The number of hydrogen-bond acceptors (Lipinski definition) is 3. The minimum atomic E-state index is -4.62. The van der Waals surface area contributed by atoms with E-state index in [0.29, 0.717) is 11.7 Å². The molecule has 0 atom stereocenters. The molecule has 4 heteroatoms. The van der Waals surface area contributed by atoms with E-state index in [9.17, 15) is 14.7 Å². The molecule has 3 nitrogen and oxygen atoms in total. The fourth-order valence-electron chi connectivity index (χ4n) is 1.75. The van der Waals surface area contributed by atoms with E-state index in [1.165, 1.54) is 0 Å². The number of rotatable bonds is 3. The predicted octanol–water partition coefficient (Wildman–Crippen LogP) is 1.48. The summed E-state index contributed by atoms with van der Waals surface area (Å²) in [5, 5.41) is 0.311. The SMILES string of the molecule is CCc1c(C)cccc1P(O)(O)(O)CC. The van der Waals surface area contributed by atoms with Crippen molar-refractivity contribution in [1.29, 1.82) is 0 Å². The van der Waals surface area contributed by atoms with Gasteiger partial charge in [0.05, 0.1) is 0 Å². The summed E-state index contributed by atoms with van der Waals surface area (Å²) in [6.45, 7) is 5.43. The summed E-state index contributed by atoms with van der Waals surface area (Å²) in [5.41, 5.74) is 1.82. The second-order valence-electron chi connectivity index (χ2n) is 3.89. The predicted molar refractivity (Wildman–Crippen MR) is 64.3 cm³/mol. The van der Waals surface area contributed by atoms with Gasteiger partial charge in [0, 0.05) is 0 Å². The standard InChI is InChI=1S/C11H19O3P/c1-4-10-9(3)7-6-8-11(10)15(12,13,14)5-2/h6-8,12-14H,4-5H2,1-3H3. The Morgan fingerprint density at radius 1 is 1.13 bits per heavy atom. The van der Waals surface area contributed by atoms with Crippen molar-refractivity contribution in [3.05, 3.63) is 29.3 Å². The second-order valence-corrected chi connectivity index (χ2v) is 7.31. The van der Waals surface area contributed by atoms with E-state index >= 15 is 0 Å². The molecule has 0 aliphatic heterocycles. The van der Waals surface area contributed by atoms with Crippen molar-refractivity contribution in [2.75, 3.05) is 6.16 Å². The zero-order valence-corrected chi connectivity index (χ0v) is 10.3. The first-order valence-electron chi connectivity index (χ1n) is 5.15. The molecular weight excluding hydrogens is 211 g/mol. The van der Waals surface area contributed by atoms with Crippen LogP contribution >= 0.6 is 7.28 Å². The van der Waals surface area contributed by atoms with Gasteiger partial charge < -0.3 is 0 Å². The second kappa shape index (κ2) is 3.84. The maximum absolute atomic E-state index is 9.94. The fraction of sp³-hybridized carbons (Fsp3) is 0.455. The zero-order valence-electron chi connectivity index (χ0n) is 9.44. The first kappa shape index (κ1) is 12.6. The van der Waals surface area contributed by atoms with Gasteiger partial charge in [0.15, 0.2) is 0 Å². The van der Waals surface area contributed by atoms with Crippen LogP contribution in [-0.4, -0.2) is 20.8 Å². The summed E-state index contributed by atoms with van der Waals surface area (Å²) in [4.78, 5) is 29.8. The van der Waals surface area contributed by atoms with Crippen LogP contribution in [-0.2, 0) is 6.42 Å². The van der Waals surface area contributed by atoms with E-state index in [2.05, 4.69) is 0 Å². The summed E-state index contributed by atoms with van der Waals surface area (Å²) in [5.74, 6) is 0. The number of hydrogen-bond donors (Lipinski definition) is 3. The molecule has 0 fully saturated rings. The van der Waals surface area contributed by atoms with Crippen molar-refractivity contribution in [2.45, 2.75) is 27.2 Å². The molecule has 3 N–H and O–H groups in total. The zero-order chi connectivity index (χ0) is 11.7. The monoisotopic (exact) mass is 230 g/mol. The molecule has 1 aromatic carbocycles. The Bertz CT molecular complexity index is 366. The third kappa shape index (κ3) is 2.37. The molecule has 0 aromatic heterocycles. The van der Waals surface area contributed by atoms with Crippen molar-refractivity contribution in [2.24, 2.45) is 0 Å². The molecule has 0 saturated heterocycles. The molecule has 0 radical (unpaired) electrons. The van der Waals surface area contributed by atoms with Gasteiger partial charge >= 0.3 is 89.9 Å². The maximum atomic E-state index is 9.94. The summed E-state index contributed by atoms with van der Waals surface area (Å²) < 4.78 is 0. The van der Waals surface area contributed by atoms with E-state index in [1.807, 2.05) is 19.9 Å². The van der Waals surface area contributed by atoms with Gasteiger partial charge in [-0.05, 0) is 0 Å². The van der Waals surface area contributed by atoms with Gasteiger partial charge in [-0.25, -0.2) is 0 Å². The minimum absolute atomic E-state index is 0.0396. The number of benzene rings is 1. The molecule has 0 unspecified atom stereocenters. The van der Waals surface area contributed by atoms with Crippen LogP contribution in [0.15, 0.2) is 18.2 Å². The molecule has 0 aliphatic carbocycles. The van der Waals surface area contributed by atoms with Crippen molar-refractivity contribution >= 4 is 12.6 Å². The molecule has 0 bridgehead atoms. The molecule has 0 spiro atoms. The molecule has 0 aliphatic rings. The quantitative estimate of drug-likeness (QED) is 0.689. The van der Waals surface area contributed by atoms with Crippen LogP contribution in [0.5, 0.6) is 0 Å². The van der Waals surface area contributed by atoms with Gasteiger partial charge in [-0.2, -0.15) is 0 Å². The first-order valence-corrected chi connectivity index (χ1v) is 7.43. The van der Waals surface area contributed by atoms with Crippen LogP contribution < -0.4 is 5.30 Å². The first-order chi connectivity index (χ1) is 6.80. The normalized spacial score (nSPS) is 14.7. The summed E-state index contributed by atoms with van der Waals surface area (Å²) in [7, 11) is -4.62. The molecular formula is C11H19O3P. The van der Waals surface area contributed by atoms with E-state index in [0.717, 1.165) is 11.1 Å². The third-order valence-electron chi connectivity index (χ3n) is 2.81. The van der Waals surface area contributed by atoms with E-state index < -0.39 is 7.28 Å². The van der Waals surface area contributed by atoms with Gasteiger partial charge in [-0.15, -0.1) is 0 Å². The van der Waals surface area contributed by atoms with E-state index in [-0.39, 0.29) is 6.16 Å². The van der Waals surface area contributed by atoms with Crippen molar-refractivity contribution < 1.29 is 14.7 Å². The molecule has 0 saturated carbocycles. The van der Waals surface area contributed by atoms with Gasteiger partial charge in [-0.3, -0.25) is 0 Å². The Labute approximate surface area is 90.6 Å². The van der Waals surface area contributed by atoms with E-state index in [4.69, 9.17) is 0 Å². The van der Waals surface area contributed by atoms with Crippen molar-refractivity contribution in [3.63, 3.8) is 0 Å². The molecule has 0 amide bonds. The van der Waals surface area contributed by atoms with Gasteiger partial charge in [-0.1, -0.05) is 0 Å². The summed E-state index contributed by atoms with van der Waals surface area (Å²) in [6, 6.07) is 5.25. The fourth-order valence-corrected chi connectivity index (χ4v) is 3.37. The Balaban J connectivity index is 3.44. The van der Waals surface area contributed by atoms with Crippen LogP contribution in [0, 0.1) is 6.92 Å². The van der Waals surface area contributed by atoms with Crippen molar-refractivity contribution in [3.8, 4) is 0 Å². The van der Waals surface area contributed by atoms with Crippen molar-refractivity contribution in [1.82, 2.24) is 0 Å². The van der Waals surface area contributed by atoms with Gasteiger partial charge in [0.25, 0.3) is 0 Å². The Kier molecular flexibility index (Phi) is 3.22. The molecule has 86 valence electrons. The van der Waals surface area contributed by atoms with E-state index in [1.54, 1.807) is 19.1 Å². The molecule has 15 heavy (non-hydrogen) atoms. The molecule has 0 heterocycles. The van der Waals surface area contributed by atoms with Gasteiger partial charge in [0.1, 0.15) is 0 Å².